The van der Waals surface area contributed by atoms with Crippen molar-refractivity contribution in [2.45, 2.75) is 12.8 Å². The van der Waals surface area contributed by atoms with Crippen molar-refractivity contribution in [1.29, 1.82) is 0 Å². The molecule has 2 rings (SSSR count). The van der Waals surface area contributed by atoms with E-state index in [-0.39, 0.29) is 18.1 Å². The third-order valence-corrected chi connectivity index (χ3v) is 7.18. The van der Waals surface area contributed by atoms with Gasteiger partial charge in [-0.25, -0.2) is 21.6 Å². The van der Waals surface area contributed by atoms with E-state index in [1.54, 1.807) is 30.3 Å². The average molecular weight is 397 g/mol. The van der Waals surface area contributed by atoms with Gasteiger partial charge in [0.15, 0.2) is 0 Å². The van der Waals surface area contributed by atoms with E-state index in [0.717, 1.165) is 9.87 Å². The lowest BCUT2D eigenvalue weighted by Gasteiger charge is -2.19. The first-order valence-corrected chi connectivity index (χ1v) is 11.6. The van der Waals surface area contributed by atoms with Gasteiger partial charge in [0.1, 0.15) is 0 Å². The number of aryl methyl sites for hydroxylation is 1. The number of anilines is 1. The van der Waals surface area contributed by atoms with Crippen molar-refractivity contribution in [3.05, 3.63) is 66.2 Å². The Labute approximate surface area is 156 Å². The smallest absolute Gasteiger partial charge is 0.236 e. The van der Waals surface area contributed by atoms with Gasteiger partial charge in [-0.1, -0.05) is 48.5 Å². The number of hydrogen-bond donors (Lipinski definition) is 1. The second-order valence-corrected chi connectivity index (χ2v) is 9.97. The fraction of sp³-hybridized carbons (Fsp3) is 0.333. The molecule has 6 nitrogen and oxygen atoms in total. The molecule has 0 radical (unpaired) electrons. The summed E-state index contributed by atoms with van der Waals surface area (Å²) in [5, 5.41) is 0. The van der Waals surface area contributed by atoms with Crippen molar-refractivity contribution < 1.29 is 16.8 Å². The molecule has 0 saturated heterocycles. The highest BCUT2D eigenvalue weighted by atomic mass is 32.2. The third kappa shape index (κ3) is 6.44. The minimum atomic E-state index is -3.59. The summed E-state index contributed by atoms with van der Waals surface area (Å²) in [6.45, 7) is -0.146. The van der Waals surface area contributed by atoms with Crippen LogP contribution in [0.4, 0.5) is 5.69 Å². The standard InChI is InChI=1S/C18H24N2O4S2/c1-20(18-12-6-3-7-13-18)26(23,24)16-14-19-25(21,22)15-8-11-17-9-4-2-5-10-17/h2-7,9-10,12-13,19H,8,11,14-16H2,1H3. The van der Waals surface area contributed by atoms with E-state index in [1.807, 2.05) is 30.3 Å². The Morgan fingerprint density at radius 3 is 2.04 bits per heavy atom. The fourth-order valence-corrected chi connectivity index (χ4v) is 4.73. The zero-order valence-electron chi connectivity index (χ0n) is 14.7. The zero-order chi connectivity index (χ0) is 19.0. The highest BCUT2D eigenvalue weighted by Crippen LogP contribution is 2.15. The molecule has 1 N–H and O–H groups in total. The van der Waals surface area contributed by atoms with Crippen molar-refractivity contribution in [1.82, 2.24) is 4.72 Å². The lowest BCUT2D eigenvalue weighted by molar-refractivity contribution is 0.578. The predicted octanol–water partition coefficient (Wildman–Crippen LogP) is 2.00. The minimum Gasteiger partial charge on any atom is -0.273 e. The van der Waals surface area contributed by atoms with Gasteiger partial charge >= 0.3 is 0 Å². The van der Waals surface area contributed by atoms with Crippen LogP contribution in [-0.4, -0.2) is 41.9 Å². The Morgan fingerprint density at radius 2 is 1.42 bits per heavy atom. The van der Waals surface area contributed by atoms with Crippen LogP contribution in [0, 0.1) is 0 Å². The first-order valence-electron chi connectivity index (χ1n) is 8.33. The van der Waals surface area contributed by atoms with Gasteiger partial charge in [0, 0.05) is 13.6 Å². The molecular formula is C18H24N2O4S2. The molecule has 8 heteroatoms. The van der Waals surface area contributed by atoms with Crippen LogP contribution in [-0.2, 0) is 26.5 Å². The molecule has 0 saturated carbocycles. The first kappa shape index (κ1) is 20.4. The van der Waals surface area contributed by atoms with Gasteiger partial charge in [0.05, 0.1) is 17.2 Å². The molecular weight excluding hydrogens is 372 g/mol. The van der Waals surface area contributed by atoms with Crippen LogP contribution < -0.4 is 9.03 Å². The Balaban J connectivity index is 1.80. The quantitative estimate of drug-likeness (QED) is 0.666. The van der Waals surface area contributed by atoms with Gasteiger partial charge in [-0.2, -0.15) is 0 Å². The molecule has 0 aliphatic carbocycles. The number of benzene rings is 2. The summed E-state index contributed by atoms with van der Waals surface area (Å²) < 4.78 is 52.2. The van der Waals surface area contributed by atoms with E-state index in [4.69, 9.17) is 0 Å². The Hall–Kier alpha value is -1.90. The summed E-state index contributed by atoms with van der Waals surface area (Å²) >= 11 is 0. The number of para-hydroxylation sites is 1. The lowest BCUT2D eigenvalue weighted by atomic mass is 10.1. The summed E-state index contributed by atoms with van der Waals surface area (Å²) in [5.41, 5.74) is 1.62. The fourth-order valence-electron chi connectivity index (χ4n) is 2.44. The largest absolute Gasteiger partial charge is 0.273 e. The van der Waals surface area contributed by atoms with E-state index in [1.165, 1.54) is 7.05 Å². The van der Waals surface area contributed by atoms with Crippen molar-refractivity contribution in [2.24, 2.45) is 0 Å². The van der Waals surface area contributed by atoms with Gasteiger partial charge in [0.2, 0.25) is 20.0 Å². The second kappa shape index (κ2) is 9.16. The summed E-state index contributed by atoms with van der Waals surface area (Å²) in [6.07, 6.45) is 1.15. The van der Waals surface area contributed by atoms with Crippen LogP contribution in [0.25, 0.3) is 0 Å². The molecule has 0 fully saturated rings. The molecule has 2 aromatic rings. The maximum Gasteiger partial charge on any atom is 0.236 e. The molecule has 0 heterocycles. The minimum absolute atomic E-state index is 0.0313. The molecule has 0 unspecified atom stereocenters. The summed E-state index contributed by atoms with van der Waals surface area (Å²) in [4.78, 5) is 0. The number of hydrogen-bond acceptors (Lipinski definition) is 4. The molecule has 0 amide bonds. The van der Waals surface area contributed by atoms with Gasteiger partial charge in [-0.15, -0.1) is 0 Å². The monoisotopic (exact) mass is 396 g/mol. The van der Waals surface area contributed by atoms with E-state index >= 15 is 0 Å². The Kier molecular flexibility index (Phi) is 7.19. The molecule has 0 aromatic heterocycles. The van der Waals surface area contributed by atoms with Gasteiger partial charge in [-0.05, 0) is 30.5 Å². The first-order chi connectivity index (χ1) is 12.3. The third-order valence-electron chi connectivity index (χ3n) is 3.94. The van der Waals surface area contributed by atoms with Crippen LogP contribution in [0.2, 0.25) is 0 Å². The average Bonchev–Trinajstić information content (AvgIpc) is 2.62. The van der Waals surface area contributed by atoms with Crippen LogP contribution in [0.3, 0.4) is 0 Å². The van der Waals surface area contributed by atoms with Gasteiger partial charge in [0.25, 0.3) is 0 Å². The number of sulfonamides is 2. The van der Waals surface area contributed by atoms with Crippen molar-refractivity contribution in [3.8, 4) is 0 Å². The zero-order valence-corrected chi connectivity index (χ0v) is 16.3. The molecule has 0 aliphatic heterocycles. The molecule has 26 heavy (non-hydrogen) atoms. The van der Waals surface area contributed by atoms with E-state index in [2.05, 4.69) is 4.72 Å². The highest BCUT2D eigenvalue weighted by Gasteiger charge is 2.19. The predicted molar refractivity (Wildman–Crippen MR) is 105 cm³/mol. The van der Waals surface area contributed by atoms with Crippen LogP contribution in [0.1, 0.15) is 12.0 Å². The Bertz CT molecular complexity index is 883. The van der Waals surface area contributed by atoms with Crippen molar-refractivity contribution >= 4 is 25.7 Å². The van der Waals surface area contributed by atoms with Crippen molar-refractivity contribution in [2.75, 3.05) is 29.4 Å². The maximum atomic E-state index is 12.3. The number of rotatable bonds is 10. The SMILES string of the molecule is CN(c1ccccc1)S(=O)(=O)CCNS(=O)(=O)CCCc1ccccc1. The summed E-state index contributed by atoms with van der Waals surface area (Å²) in [6, 6.07) is 18.3. The molecule has 2 aromatic carbocycles. The van der Waals surface area contributed by atoms with E-state index < -0.39 is 20.0 Å². The van der Waals surface area contributed by atoms with Gasteiger partial charge < -0.3 is 0 Å². The Morgan fingerprint density at radius 1 is 0.846 bits per heavy atom. The topological polar surface area (TPSA) is 83.6 Å². The van der Waals surface area contributed by atoms with Gasteiger partial charge in [-0.3, -0.25) is 4.31 Å². The molecule has 0 aliphatic rings. The molecule has 142 valence electrons. The van der Waals surface area contributed by atoms with E-state index in [0.29, 0.717) is 18.5 Å². The number of nitrogens with one attached hydrogen (secondary N) is 1. The van der Waals surface area contributed by atoms with Crippen LogP contribution in [0.15, 0.2) is 60.7 Å². The normalized spacial score (nSPS) is 12.0. The molecule has 0 spiro atoms. The second-order valence-electron chi connectivity index (χ2n) is 5.92. The lowest BCUT2D eigenvalue weighted by Crippen LogP contribution is -2.36. The molecule has 0 atom stereocenters. The van der Waals surface area contributed by atoms with Crippen LogP contribution >= 0.6 is 0 Å². The maximum absolute atomic E-state index is 12.3. The summed E-state index contributed by atoms with van der Waals surface area (Å²) in [7, 11) is -5.63. The highest BCUT2D eigenvalue weighted by molar-refractivity contribution is 7.93. The van der Waals surface area contributed by atoms with Crippen LogP contribution in [0.5, 0.6) is 0 Å². The van der Waals surface area contributed by atoms with E-state index in [9.17, 15) is 16.8 Å². The molecule has 0 bridgehead atoms. The number of nitrogens with zero attached hydrogens (tertiary/aromatic N) is 1. The van der Waals surface area contributed by atoms with Crippen molar-refractivity contribution in [3.63, 3.8) is 0 Å². The summed E-state index contributed by atoms with van der Waals surface area (Å²) in [5.74, 6) is -0.327.